The highest BCUT2D eigenvalue weighted by Crippen LogP contribution is 2.19. The van der Waals surface area contributed by atoms with Gasteiger partial charge in [0.2, 0.25) is 0 Å². The number of hydrogen-bond donors (Lipinski definition) is 2. The number of nitrogens with one attached hydrogen (secondary N) is 2. The summed E-state index contributed by atoms with van der Waals surface area (Å²) in [5, 5.41) is 10.7. The zero-order chi connectivity index (χ0) is 19.1. The average Bonchev–Trinajstić information content (AvgIpc) is 3.19. The Balaban J connectivity index is 0.00000280. The molecule has 0 bridgehead atoms. The van der Waals surface area contributed by atoms with Crippen LogP contribution in [0, 0.1) is 0 Å². The first kappa shape index (κ1) is 22.4. The van der Waals surface area contributed by atoms with Crippen LogP contribution in [0.1, 0.15) is 25.6 Å². The van der Waals surface area contributed by atoms with Crippen molar-refractivity contribution in [2.75, 3.05) is 33.9 Å². The van der Waals surface area contributed by atoms with E-state index < -0.39 is 0 Å². The fourth-order valence-electron chi connectivity index (χ4n) is 3.21. The van der Waals surface area contributed by atoms with E-state index in [4.69, 9.17) is 9.47 Å². The van der Waals surface area contributed by atoms with Gasteiger partial charge in [0, 0.05) is 32.3 Å². The topological polar surface area (TPSA) is 87.7 Å². The van der Waals surface area contributed by atoms with Crippen LogP contribution >= 0.6 is 24.0 Å². The number of guanidine groups is 1. The van der Waals surface area contributed by atoms with Gasteiger partial charge in [-0.05, 0) is 44.0 Å². The summed E-state index contributed by atoms with van der Waals surface area (Å²) in [6, 6.07) is 7.69. The molecule has 1 aliphatic heterocycles. The maximum Gasteiger partial charge on any atom is 0.194 e. The number of halogens is 1. The Kier molecular flexibility index (Phi) is 8.97. The molecule has 1 aliphatic rings. The predicted molar refractivity (Wildman–Crippen MR) is 120 cm³/mol. The van der Waals surface area contributed by atoms with Gasteiger partial charge in [-0.2, -0.15) is 5.10 Å². The van der Waals surface area contributed by atoms with E-state index >= 15 is 0 Å². The molecule has 0 radical (unpaired) electrons. The maximum atomic E-state index is 5.72. The average molecular weight is 500 g/mol. The highest BCUT2D eigenvalue weighted by Gasteiger charge is 2.21. The second-order valence-electron chi connectivity index (χ2n) is 6.38. The van der Waals surface area contributed by atoms with E-state index in [1.165, 1.54) is 0 Å². The zero-order valence-electron chi connectivity index (χ0n) is 16.6. The molecule has 1 aromatic carbocycles. The molecule has 154 valence electrons. The Morgan fingerprint density at radius 1 is 1.29 bits per heavy atom. The van der Waals surface area contributed by atoms with E-state index in [1.807, 2.05) is 31.2 Å². The molecule has 0 atom stereocenters. The third-order valence-electron chi connectivity index (χ3n) is 4.65. The lowest BCUT2D eigenvalue weighted by Gasteiger charge is -2.33. The van der Waals surface area contributed by atoms with Crippen LogP contribution in [0.2, 0.25) is 0 Å². The molecule has 3 rings (SSSR count). The fraction of sp³-hybridized carbons (Fsp3) is 0.526. The van der Waals surface area contributed by atoms with Crippen molar-refractivity contribution >= 4 is 29.9 Å². The van der Waals surface area contributed by atoms with Gasteiger partial charge in [-0.15, -0.1) is 24.0 Å². The van der Waals surface area contributed by atoms with Crippen molar-refractivity contribution in [2.45, 2.75) is 32.4 Å². The van der Waals surface area contributed by atoms with Crippen molar-refractivity contribution in [3.63, 3.8) is 0 Å². The van der Waals surface area contributed by atoms with Gasteiger partial charge in [-0.25, -0.2) is 4.98 Å². The number of methoxy groups -OCH3 is 1. The SMILES string of the molecule is CCOC1CCN(C(=NC)NCc2nc(-c3ccc(OC)cc3)n[nH]2)CC1.I. The van der Waals surface area contributed by atoms with Crippen LogP contribution in [-0.4, -0.2) is 66.0 Å². The first-order valence-electron chi connectivity index (χ1n) is 9.36. The normalized spacial score (nSPS) is 15.2. The molecule has 28 heavy (non-hydrogen) atoms. The summed E-state index contributed by atoms with van der Waals surface area (Å²) in [6.07, 6.45) is 2.42. The van der Waals surface area contributed by atoms with E-state index in [-0.39, 0.29) is 24.0 Å². The molecule has 2 N–H and O–H groups in total. The van der Waals surface area contributed by atoms with Crippen LogP contribution in [0.5, 0.6) is 5.75 Å². The Bertz CT molecular complexity index is 741. The minimum Gasteiger partial charge on any atom is -0.497 e. The van der Waals surface area contributed by atoms with Gasteiger partial charge in [-0.1, -0.05) is 0 Å². The van der Waals surface area contributed by atoms with Gasteiger partial charge in [-0.3, -0.25) is 10.1 Å². The molecule has 0 saturated carbocycles. The second kappa shape index (κ2) is 11.2. The summed E-state index contributed by atoms with van der Waals surface area (Å²) in [4.78, 5) is 11.2. The summed E-state index contributed by atoms with van der Waals surface area (Å²) in [6.45, 7) is 5.25. The molecule has 1 fully saturated rings. The molecule has 1 aromatic heterocycles. The van der Waals surface area contributed by atoms with Crippen molar-refractivity contribution < 1.29 is 9.47 Å². The Morgan fingerprint density at radius 2 is 2.00 bits per heavy atom. The Hall–Kier alpha value is -1.88. The first-order valence-corrected chi connectivity index (χ1v) is 9.36. The number of hydrogen-bond acceptors (Lipinski definition) is 5. The van der Waals surface area contributed by atoms with Crippen molar-refractivity contribution in [1.82, 2.24) is 25.4 Å². The van der Waals surface area contributed by atoms with Crippen LogP contribution in [0.25, 0.3) is 11.4 Å². The number of H-pyrrole nitrogens is 1. The van der Waals surface area contributed by atoms with Crippen molar-refractivity contribution in [1.29, 1.82) is 0 Å². The lowest BCUT2D eigenvalue weighted by molar-refractivity contribution is 0.0263. The molecule has 0 amide bonds. The molecular formula is C19H29IN6O2. The van der Waals surface area contributed by atoms with Gasteiger partial charge in [0.25, 0.3) is 0 Å². The molecule has 1 saturated heterocycles. The highest BCUT2D eigenvalue weighted by atomic mass is 127. The lowest BCUT2D eigenvalue weighted by Crippen LogP contribution is -2.46. The van der Waals surface area contributed by atoms with Gasteiger partial charge >= 0.3 is 0 Å². The number of aromatic amines is 1. The summed E-state index contributed by atoms with van der Waals surface area (Å²) in [5.41, 5.74) is 0.945. The van der Waals surface area contributed by atoms with Gasteiger partial charge in [0.15, 0.2) is 11.8 Å². The maximum absolute atomic E-state index is 5.72. The molecule has 2 heterocycles. The summed E-state index contributed by atoms with van der Waals surface area (Å²) in [5.74, 6) is 3.13. The highest BCUT2D eigenvalue weighted by molar-refractivity contribution is 14.0. The van der Waals surface area contributed by atoms with E-state index in [9.17, 15) is 0 Å². The van der Waals surface area contributed by atoms with E-state index in [0.717, 1.165) is 55.6 Å². The number of aliphatic imine (C=N–C) groups is 1. The molecule has 0 spiro atoms. The number of nitrogens with zero attached hydrogens (tertiary/aromatic N) is 4. The minimum absolute atomic E-state index is 0. The van der Waals surface area contributed by atoms with Gasteiger partial charge in [0.05, 0.1) is 19.8 Å². The van der Waals surface area contributed by atoms with Crippen LogP contribution < -0.4 is 10.1 Å². The largest absolute Gasteiger partial charge is 0.497 e. The smallest absolute Gasteiger partial charge is 0.194 e. The van der Waals surface area contributed by atoms with Crippen LogP contribution in [-0.2, 0) is 11.3 Å². The Labute approximate surface area is 183 Å². The summed E-state index contributed by atoms with van der Waals surface area (Å²) in [7, 11) is 3.46. The summed E-state index contributed by atoms with van der Waals surface area (Å²) < 4.78 is 10.9. The second-order valence-corrected chi connectivity index (χ2v) is 6.38. The summed E-state index contributed by atoms with van der Waals surface area (Å²) >= 11 is 0. The Morgan fingerprint density at radius 3 is 2.61 bits per heavy atom. The molecule has 0 unspecified atom stereocenters. The van der Waals surface area contributed by atoms with Crippen molar-refractivity contribution in [2.24, 2.45) is 4.99 Å². The minimum atomic E-state index is 0. The van der Waals surface area contributed by atoms with E-state index in [0.29, 0.717) is 18.5 Å². The molecule has 2 aromatic rings. The monoisotopic (exact) mass is 500 g/mol. The molecule has 9 heteroatoms. The number of aromatic nitrogens is 3. The number of rotatable bonds is 6. The van der Waals surface area contributed by atoms with Crippen LogP contribution in [0.3, 0.4) is 0 Å². The van der Waals surface area contributed by atoms with Gasteiger partial charge in [0.1, 0.15) is 11.6 Å². The predicted octanol–water partition coefficient (Wildman–Crippen LogP) is 2.67. The van der Waals surface area contributed by atoms with E-state index in [1.54, 1.807) is 14.2 Å². The molecule has 8 nitrogen and oxygen atoms in total. The molecule has 0 aliphatic carbocycles. The van der Waals surface area contributed by atoms with Gasteiger partial charge < -0.3 is 19.7 Å². The third-order valence-corrected chi connectivity index (χ3v) is 4.65. The fourth-order valence-corrected chi connectivity index (χ4v) is 3.21. The lowest BCUT2D eigenvalue weighted by atomic mass is 10.1. The number of likely N-dealkylation sites (tertiary alicyclic amines) is 1. The number of benzene rings is 1. The molecular weight excluding hydrogens is 471 g/mol. The van der Waals surface area contributed by atoms with Crippen molar-refractivity contribution in [3.05, 3.63) is 30.1 Å². The van der Waals surface area contributed by atoms with Crippen molar-refractivity contribution in [3.8, 4) is 17.1 Å². The van der Waals surface area contributed by atoms with E-state index in [2.05, 4.69) is 30.4 Å². The number of ether oxygens (including phenoxy) is 2. The van der Waals surface area contributed by atoms with Crippen LogP contribution in [0.4, 0.5) is 0 Å². The third kappa shape index (κ3) is 5.81. The van der Waals surface area contributed by atoms with Crippen LogP contribution in [0.15, 0.2) is 29.3 Å². The quantitative estimate of drug-likeness (QED) is 0.361. The standard InChI is InChI=1S/C19H28N6O2.HI/c1-4-27-16-9-11-25(12-10-16)19(20-2)21-13-17-22-18(24-23-17)14-5-7-15(26-3)8-6-14;/h5-8,16H,4,9-13H2,1-3H3,(H,20,21)(H,22,23,24);1H. The zero-order valence-corrected chi connectivity index (χ0v) is 19.0. The first-order chi connectivity index (χ1) is 13.2. The number of piperidine rings is 1.